The molecule has 0 saturated carbocycles. The normalized spacial score (nSPS) is 15.8. The van der Waals surface area contributed by atoms with E-state index in [0.717, 1.165) is 17.1 Å². The van der Waals surface area contributed by atoms with E-state index in [1.54, 1.807) is 0 Å². The smallest absolute Gasteiger partial charge is 0.0648 e. The Morgan fingerprint density at radius 1 is 0.250 bits per heavy atom. The third-order valence-corrected chi connectivity index (χ3v) is 29.1. The van der Waals surface area contributed by atoms with Gasteiger partial charge in [0.05, 0.1) is 83.3 Å². The predicted molar refractivity (Wildman–Crippen MR) is 486 cm³/mol. The first-order valence-corrected chi connectivity index (χ1v) is 41.1. The first kappa shape index (κ1) is 61.2. The SMILES string of the molecule is CC1(C)c2ccc(-c3ccc(N4c5ccccc5C5(C)c6ccccc6-c6c5c4c4c5ccccc5n5c7cc8c9c%10c(cc%11c%12ccccc%12n(c8cc7c6c45)c%119)C(C)(C)c4ccccc4-%10)cc3)cc2-c2c1cc1c3cc4c(cc3n3c5ccccc5c2c13)c1ccc(N(c2ccccc2)c2ccccc2)c2c3ccccc3n4c12. The molecule has 1 atom stereocenters. The molecule has 6 heteroatoms. The Bertz CT molecular complexity index is 8810. The summed E-state index contributed by atoms with van der Waals surface area (Å²) >= 11 is 0. The van der Waals surface area contributed by atoms with Crippen LogP contribution >= 0.6 is 0 Å². The highest BCUT2D eigenvalue weighted by Crippen LogP contribution is 2.68. The molecule has 9 heterocycles. The van der Waals surface area contributed by atoms with Gasteiger partial charge in [-0.25, -0.2) is 0 Å². The van der Waals surface area contributed by atoms with Crippen molar-refractivity contribution in [1.82, 2.24) is 17.6 Å². The lowest BCUT2D eigenvalue weighted by atomic mass is 9.70. The number of rotatable bonds is 5. The minimum Gasteiger partial charge on any atom is -0.310 e. The number of para-hydroxylation sites is 7. The Morgan fingerprint density at radius 3 is 1.31 bits per heavy atom. The number of hydrogen-bond acceptors (Lipinski definition) is 2. The van der Waals surface area contributed by atoms with Crippen molar-refractivity contribution in [2.45, 2.75) is 50.9 Å². The molecular weight excluding hydrogens is 1410 g/mol. The lowest BCUT2D eigenvalue weighted by molar-refractivity contribution is 0.661. The molecule has 0 N–H and O–H groups in total. The Hall–Kier alpha value is -14.5. The lowest BCUT2D eigenvalue weighted by Crippen LogP contribution is -2.32. The van der Waals surface area contributed by atoms with Gasteiger partial charge in [-0.05, 0) is 200 Å². The zero-order chi connectivity index (χ0) is 75.7. The molecule has 0 spiro atoms. The second-order valence-corrected chi connectivity index (χ2v) is 35.0. The van der Waals surface area contributed by atoms with E-state index < -0.39 is 5.41 Å². The van der Waals surface area contributed by atoms with Crippen LogP contribution < -0.4 is 9.80 Å². The highest BCUT2D eigenvalue weighted by Gasteiger charge is 2.52. The van der Waals surface area contributed by atoms with Gasteiger partial charge in [0, 0.05) is 125 Å². The van der Waals surface area contributed by atoms with Gasteiger partial charge in [-0.2, -0.15) is 0 Å². The minimum atomic E-state index is -0.478. The summed E-state index contributed by atoms with van der Waals surface area (Å²) in [6.07, 6.45) is 0. The maximum Gasteiger partial charge on any atom is 0.0648 e. The molecule has 1 unspecified atom stereocenters. The summed E-state index contributed by atoms with van der Waals surface area (Å²) in [6.45, 7) is 12.3. The standard InChI is InChI=1S/C110H68N6/c1-108(2)78-36-18-12-31-66(78)94-82(108)53-73-64-30-14-21-39-84(64)113-92-58-77-93(57-76(92)99(94)104(73)113)116-87-42-24-17-35-70(87)101-106(116)100(77)97-67-32-13-19-37-80(67)110(5)81-38-20-25-43-88(81)112(107(101)102(97)110)63-47-44-59(45-48-63)60-46-50-79-75(52-60)95-83(109(79,3)4)54-74-72-56-90-71(55-91(72)115-86-41-23-16-34-69(86)98(95)105(74)115)65-49-51-89(96-68-33-15-22-40-85(68)114(90)103(65)96)111(61-26-8-6-9-27-61)62-28-10-7-11-29-62/h6-58H,1-5H3. The first-order valence-electron chi connectivity index (χ1n) is 41.1. The van der Waals surface area contributed by atoms with E-state index in [2.05, 4.69) is 384 Å². The van der Waals surface area contributed by atoms with Crippen molar-refractivity contribution in [2.24, 2.45) is 0 Å². The minimum absolute atomic E-state index is 0.170. The molecule has 29 rings (SSSR count). The Labute approximate surface area is 665 Å². The molecule has 25 aromatic rings. The zero-order valence-corrected chi connectivity index (χ0v) is 64.3. The van der Waals surface area contributed by atoms with Gasteiger partial charge in [0.25, 0.3) is 0 Å². The van der Waals surface area contributed by atoms with E-state index in [9.17, 15) is 0 Å². The molecule has 116 heavy (non-hydrogen) atoms. The molecule has 6 nitrogen and oxygen atoms in total. The van der Waals surface area contributed by atoms with E-state index in [1.807, 2.05) is 0 Å². The number of aromatic nitrogens is 4. The molecule has 538 valence electrons. The maximum absolute atomic E-state index is 2.67. The summed E-state index contributed by atoms with van der Waals surface area (Å²) in [6, 6.07) is 124. The summed E-state index contributed by atoms with van der Waals surface area (Å²) in [5.41, 5.74) is 41.2. The monoisotopic (exact) mass is 1470 g/mol. The van der Waals surface area contributed by atoms with Gasteiger partial charge in [0.1, 0.15) is 0 Å². The highest BCUT2D eigenvalue weighted by atomic mass is 15.2. The number of anilines is 6. The van der Waals surface area contributed by atoms with Gasteiger partial charge in [-0.15, -0.1) is 0 Å². The number of benzene rings is 17. The molecule has 0 fully saturated rings. The largest absolute Gasteiger partial charge is 0.310 e. The fourth-order valence-corrected chi connectivity index (χ4v) is 24.4. The van der Waals surface area contributed by atoms with Crippen molar-refractivity contribution in [3.63, 3.8) is 0 Å². The number of nitrogens with zero attached hydrogens (tertiary/aromatic N) is 6. The van der Waals surface area contributed by atoms with E-state index in [4.69, 9.17) is 0 Å². The van der Waals surface area contributed by atoms with Crippen molar-refractivity contribution in [3.05, 3.63) is 360 Å². The Balaban J connectivity index is 0.626. The van der Waals surface area contributed by atoms with Crippen LogP contribution in [0, 0.1) is 0 Å². The second kappa shape index (κ2) is 20.3. The van der Waals surface area contributed by atoms with Gasteiger partial charge >= 0.3 is 0 Å². The molecule has 4 aliphatic rings. The van der Waals surface area contributed by atoms with Crippen molar-refractivity contribution in [2.75, 3.05) is 9.80 Å². The van der Waals surface area contributed by atoms with E-state index in [-0.39, 0.29) is 10.8 Å². The third kappa shape index (κ3) is 6.82. The molecule has 8 aromatic heterocycles. The third-order valence-electron chi connectivity index (χ3n) is 29.1. The summed E-state index contributed by atoms with van der Waals surface area (Å²) in [7, 11) is 0. The average molecular weight is 1470 g/mol. The van der Waals surface area contributed by atoms with Crippen LogP contribution in [-0.2, 0) is 16.2 Å². The fraction of sp³-hybridized carbons (Fsp3) is 0.0727. The van der Waals surface area contributed by atoms with Gasteiger partial charge in [0.2, 0.25) is 0 Å². The summed E-state index contributed by atoms with van der Waals surface area (Å²) in [5, 5.41) is 20.7. The molecule has 0 saturated heterocycles. The van der Waals surface area contributed by atoms with Gasteiger partial charge in [-0.3, -0.25) is 0 Å². The van der Waals surface area contributed by atoms with Crippen LogP contribution in [0.25, 0.3) is 197 Å². The van der Waals surface area contributed by atoms with E-state index in [1.165, 1.54) is 253 Å². The predicted octanol–water partition coefficient (Wildman–Crippen LogP) is 29.2. The number of fused-ring (bicyclic) bond motifs is 39. The van der Waals surface area contributed by atoms with Crippen molar-refractivity contribution < 1.29 is 0 Å². The summed E-state index contributed by atoms with van der Waals surface area (Å²) in [5.74, 6) is 0. The number of hydrogen-bond donors (Lipinski definition) is 0. The van der Waals surface area contributed by atoms with Crippen LogP contribution in [0.5, 0.6) is 0 Å². The van der Waals surface area contributed by atoms with Crippen LogP contribution in [0.3, 0.4) is 0 Å². The molecule has 0 radical (unpaired) electrons. The second-order valence-electron chi connectivity index (χ2n) is 35.0. The zero-order valence-electron chi connectivity index (χ0n) is 64.3. The van der Waals surface area contributed by atoms with Crippen LogP contribution in [0.15, 0.2) is 322 Å². The van der Waals surface area contributed by atoms with Crippen LogP contribution in [-0.4, -0.2) is 17.6 Å². The molecular formula is C110H68N6. The average Bonchev–Trinajstić information content (AvgIpc) is 1.49. The van der Waals surface area contributed by atoms with Crippen LogP contribution in [0.2, 0.25) is 0 Å². The van der Waals surface area contributed by atoms with Gasteiger partial charge in [-0.1, -0.05) is 234 Å². The molecule has 0 bridgehead atoms. The van der Waals surface area contributed by atoms with Crippen LogP contribution in [0.4, 0.5) is 34.1 Å². The fourth-order valence-electron chi connectivity index (χ4n) is 24.4. The highest BCUT2D eigenvalue weighted by molar-refractivity contribution is 6.38. The van der Waals surface area contributed by atoms with E-state index >= 15 is 0 Å². The van der Waals surface area contributed by atoms with Crippen molar-refractivity contribution in [1.29, 1.82) is 0 Å². The molecule has 1 aliphatic heterocycles. The molecule has 0 amide bonds. The quantitative estimate of drug-likeness (QED) is 0.171. The Morgan fingerprint density at radius 2 is 0.681 bits per heavy atom. The summed E-state index contributed by atoms with van der Waals surface area (Å²) < 4.78 is 10.5. The van der Waals surface area contributed by atoms with Crippen LogP contribution in [0.1, 0.15) is 73.6 Å². The van der Waals surface area contributed by atoms with Crippen molar-refractivity contribution >= 4 is 187 Å². The molecule has 3 aliphatic carbocycles. The Kier molecular flexibility index (Phi) is 10.7. The van der Waals surface area contributed by atoms with E-state index in [0.29, 0.717) is 0 Å². The maximum atomic E-state index is 2.67. The van der Waals surface area contributed by atoms with Gasteiger partial charge in [0.15, 0.2) is 0 Å². The lowest BCUT2D eigenvalue weighted by Gasteiger charge is -2.43. The topological polar surface area (TPSA) is 24.1 Å². The van der Waals surface area contributed by atoms with Gasteiger partial charge < -0.3 is 27.4 Å². The summed E-state index contributed by atoms with van der Waals surface area (Å²) in [4.78, 5) is 5.09. The molecule has 17 aromatic carbocycles. The van der Waals surface area contributed by atoms with Crippen molar-refractivity contribution in [3.8, 4) is 44.5 Å². The first-order chi connectivity index (χ1) is 57.0.